The summed E-state index contributed by atoms with van der Waals surface area (Å²) in [6.07, 6.45) is 3.66. The molecule has 27 heavy (non-hydrogen) atoms. The van der Waals surface area contributed by atoms with Gasteiger partial charge in [-0.25, -0.2) is 4.68 Å². The molecule has 144 valence electrons. The molecule has 1 amide bonds. The molecule has 0 unspecified atom stereocenters. The Hall–Kier alpha value is -2.93. The minimum Gasteiger partial charge on any atom is -0.482 e. The van der Waals surface area contributed by atoms with Crippen molar-refractivity contribution in [1.29, 1.82) is 0 Å². The number of benzene rings is 1. The van der Waals surface area contributed by atoms with Crippen LogP contribution in [0.5, 0.6) is 5.75 Å². The van der Waals surface area contributed by atoms with Gasteiger partial charge < -0.3 is 14.8 Å². The highest BCUT2D eigenvalue weighted by Gasteiger charge is 2.21. The van der Waals surface area contributed by atoms with Crippen LogP contribution < -0.4 is 15.5 Å². The third-order valence-corrected chi connectivity index (χ3v) is 3.55. The summed E-state index contributed by atoms with van der Waals surface area (Å²) in [7, 11) is 1.60. The van der Waals surface area contributed by atoms with Gasteiger partial charge in [-0.15, -0.1) is 0 Å². The smallest absolute Gasteiger partial charge is 0.274 e. The van der Waals surface area contributed by atoms with E-state index in [0.29, 0.717) is 13.0 Å². The zero-order valence-electron chi connectivity index (χ0n) is 15.8. The first-order chi connectivity index (χ1) is 13.0. The van der Waals surface area contributed by atoms with Gasteiger partial charge in [0.25, 0.3) is 5.91 Å². The molecule has 1 aromatic heterocycles. The van der Waals surface area contributed by atoms with Crippen LogP contribution in [-0.4, -0.2) is 36.6 Å². The first kappa shape index (κ1) is 20.4. The van der Waals surface area contributed by atoms with Crippen molar-refractivity contribution < 1.29 is 14.3 Å². The fraction of sp³-hybridized carbons (Fsp3) is 0.350. The van der Waals surface area contributed by atoms with Crippen molar-refractivity contribution in [1.82, 2.24) is 9.99 Å². The number of pyridine rings is 1. The van der Waals surface area contributed by atoms with E-state index in [9.17, 15) is 9.59 Å². The van der Waals surface area contributed by atoms with Crippen LogP contribution in [0.1, 0.15) is 36.3 Å². The number of hydrogen-bond acceptors (Lipinski definition) is 5. The lowest BCUT2D eigenvalue weighted by atomic mass is 10.2. The molecule has 1 heterocycles. The van der Waals surface area contributed by atoms with Crippen LogP contribution >= 0.6 is 0 Å². The van der Waals surface area contributed by atoms with Gasteiger partial charge in [0.15, 0.2) is 11.4 Å². The maximum atomic E-state index is 12.7. The topological polar surface area (TPSA) is 81.9 Å². The van der Waals surface area contributed by atoms with Crippen molar-refractivity contribution in [2.45, 2.75) is 32.9 Å². The Morgan fingerprint density at radius 1 is 1.26 bits per heavy atom. The van der Waals surface area contributed by atoms with Gasteiger partial charge in [0, 0.05) is 38.1 Å². The van der Waals surface area contributed by atoms with E-state index in [2.05, 4.69) is 10.4 Å². The minimum absolute atomic E-state index is 0.0246. The fourth-order valence-corrected chi connectivity index (χ4v) is 2.33. The Morgan fingerprint density at radius 3 is 2.67 bits per heavy atom. The van der Waals surface area contributed by atoms with Crippen molar-refractivity contribution in [3.05, 3.63) is 64.1 Å². The van der Waals surface area contributed by atoms with Gasteiger partial charge in [-0.1, -0.05) is 30.3 Å². The van der Waals surface area contributed by atoms with Crippen molar-refractivity contribution >= 4 is 12.1 Å². The second-order valence-corrected chi connectivity index (χ2v) is 6.18. The maximum absolute atomic E-state index is 12.7. The van der Waals surface area contributed by atoms with Gasteiger partial charge >= 0.3 is 0 Å². The molecule has 0 radical (unpaired) electrons. The highest BCUT2D eigenvalue weighted by molar-refractivity contribution is 5.95. The summed E-state index contributed by atoms with van der Waals surface area (Å²) in [6, 6.07) is 10.7. The summed E-state index contributed by atoms with van der Waals surface area (Å²) in [5.41, 5.74) is 0.593. The zero-order valence-corrected chi connectivity index (χ0v) is 15.8. The quantitative estimate of drug-likeness (QED) is 0.542. The molecule has 2 aromatic rings. The molecule has 0 aliphatic carbocycles. The van der Waals surface area contributed by atoms with Crippen molar-refractivity contribution in [3.63, 3.8) is 0 Å². The molecule has 0 atom stereocenters. The molecule has 0 saturated heterocycles. The summed E-state index contributed by atoms with van der Waals surface area (Å²) in [4.78, 5) is 25.1. The number of ether oxygens (including phenoxy) is 2. The van der Waals surface area contributed by atoms with E-state index >= 15 is 0 Å². The second-order valence-electron chi connectivity index (χ2n) is 6.18. The van der Waals surface area contributed by atoms with E-state index in [1.54, 1.807) is 13.3 Å². The Balaban J connectivity index is 2.37. The average Bonchev–Trinajstić information content (AvgIpc) is 2.65. The molecule has 0 fully saturated rings. The van der Waals surface area contributed by atoms with Crippen LogP contribution in [0.2, 0.25) is 0 Å². The fourth-order valence-electron chi connectivity index (χ4n) is 2.33. The van der Waals surface area contributed by atoms with E-state index in [4.69, 9.17) is 9.47 Å². The Labute approximate surface area is 158 Å². The van der Waals surface area contributed by atoms with Gasteiger partial charge in [0.1, 0.15) is 6.61 Å². The first-order valence-corrected chi connectivity index (χ1v) is 8.78. The van der Waals surface area contributed by atoms with Gasteiger partial charge in [-0.3, -0.25) is 9.59 Å². The number of hydrogen-bond donors (Lipinski definition) is 1. The number of amides is 1. The van der Waals surface area contributed by atoms with Crippen LogP contribution in [0.3, 0.4) is 0 Å². The average molecular weight is 371 g/mol. The lowest BCUT2D eigenvalue weighted by Crippen LogP contribution is -2.33. The molecule has 0 spiro atoms. The molecule has 0 aliphatic rings. The Morgan fingerprint density at radius 2 is 2.00 bits per heavy atom. The van der Waals surface area contributed by atoms with E-state index in [1.165, 1.54) is 16.9 Å². The summed E-state index contributed by atoms with van der Waals surface area (Å²) in [6.45, 7) is 4.37. The number of nitrogens with one attached hydrogen (secondary N) is 1. The molecule has 7 heteroatoms. The van der Waals surface area contributed by atoms with Gasteiger partial charge in [-0.05, 0) is 19.4 Å². The number of carbonyl (C=O) groups excluding carboxylic acids is 1. The Kier molecular flexibility index (Phi) is 7.76. The largest absolute Gasteiger partial charge is 0.482 e. The number of aromatic nitrogens is 1. The van der Waals surface area contributed by atoms with Crippen LogP contribution in [0.25, 0.3) is 0 Å². The van der Waals surface area contributed by atoms with E-state index in [-0.39, 0.29) is 29.5 Å². The summed E-state index contributed by atoms with van der Waals surface area (Å²) < 4.78 is 12.1. The lowest BCUT2D eigenvalue weighted by molar-refractivity contribution is 0.0928. The molecular formula is C20H25N3O4. The van der Waals surface area contributed by atoms with Crippen molar-refractivity contribution in [2.75, 3.05) is 13.7 Å². The number of carbonyl (C=O) groups is 1. The summed E-state index contributed by atoms with van der Waals surface area (Å²) in [5.74, 6) is -0.446. The standard InChI is InChI=1S/C20H25N3O4/c1-15(2)22-20(25)18-19(27-14-16-8-5-4-6-9-16)17(24)10-12-23(18)21-11-7-13-26-3/h4-6,8-12,15H,7,13-14H2,1-3H3,(H,22,25)/b21-11+. The molecule has 0 saturated carbocycles. The zero-order chi connectivity index (χ0) is 19.6. The Bertz CT molecular complexity index is 829. The third-order valence-electron chi connectivity index (χ3n) is 3.55. The van der Waals surface area contributed by atoms with Gasteiger partial charge in [-0.2, -0.15) is 5.10 Å². The molecule has 0 aliphatic heterocycles. The number of rotatable bonds is 9. The molecule has 1 N–H and O–H groups in total. The van der Waals surface area contributed by atoms with Crippen LogP contribution in [0.4, 0.5) is 0 Å². The molecule has 7 nitrogen and oxygen atoms in total. The van der Waals surface area contributed by atoms with Crippen molar-refractivity contribution in [3.8, 4) is 5.75 Å². The molecular weight excluding hydrogens is 346 g/mol. The maximum Gasteiger partial charge on any atom is 0.274 e. The van der Waals surface area contributed by atoms with Crippen LogP contribution in [-0.2, 0) is 11.3 Å². The molecule has 0 bridgehead atoms. The second kappa shape index (κ2) is 10.3. The van der Waals surface area contributed by atoms with E-state index in [0.717, 1.165) is 5.56 Å². The molecule has 1 aromatic carbocycles. The predicted octanol–water partition coefficient (Wildman–Crippen LogP) is 2.44. The predicted molar refractivity (Wildman–Crippen MR) is 104 cm³/mol. The van der Waals surface area contributed by atoms with Gasteiger partial charge in [0.2, 0.25) is 5.43 Å². The number of methoxy groups -OCH3 is 1. The van der Waals surface area contributed by atoms with Crippen molar-refractivity contribution in [2.24, 2.45) is 5.10 Å². The monoisotopic (exact) mass is 371 g/mol. The minimum atomic E-state index is -0.422. The van der Waals surface area contributed by atoms with Crippen LogP contribution in [0.15, 0.2) is 52.5 Å². The summed E-state index contributed by atoms with van der Waals surface area (Å²) in [5, 5.41) is 7.05. The summed E-state index contributed by atoms with van der Waals surface area (Å²) >= 11 is 0. The highest BCUT2D eigenvalue weighted by atomic mass is 16.5. The van der Waals surface area contributed by atoms with E-state index < -0.39 is 5.91 Å². The van der Waals surface area contributed by atoms with E-state index in [1.807, 2.05) is 44.2 Å². The molecule has 2 rings (SSSR count). The highest BCUT2D eigenvalue weighted by Crippen LogP contribution is 2.16. The van der Waals surface area contributed by atoms with Gasteiger partial charge in [0.05, 0.1) is 6.61 Å². The normalized spacial score (nSPS) is 11.1. The number of nitrogens with zero attached hydrogens (tertiary/aromatic N) is 2. The van der Waals surface area contributed by atoms with Crippen LogP contribution in [0, 0.1) is 0 Å². The third kappa shape index (κ3) is 6.07. The first-order valence-electron chi connectivity index (χ1n) is 8.78. The lowest BCUT2D eigenvalue weighted by Gasteiger charge is -2.15. The SMILES string of the molecule is COCC/C=N/n1ccc(=O)c(OCc2ccccc2)c1C(=O)NC(C)C.